The van der Waals surface area contributed by atoms with Gasteiger partial charge in [0.05, 0.1) is 0 Å². The first kappa shape index (κ1) is 17.4. The third-order valence-corrected chi connectivity index (χ3v) is 2.72. The maximum Gasteiger partial charge on any atom is 0.303 e. The highest BCUT2D eigenvalue weighted by Crippen LogP contribution is 2.05. The topological polar surface area (TPSA) is 95.5 Å². The minimum Gasteiger partial charge on any atom is -0.481 e. The molecule has 0 aliphatic carbocycles. The maximum atomic E-state index is 12.0. The van der Waals surface area contributed by atoms with Gasteiger partial charge in [-0.3, -0.25) is 14.4 Å². The van der Waals surface area contributed by atoms with Crippen LogP contribution in [0, 0.1) is 5.92 Å². The molecule has 0 spiro atoms. The predicted molar refractivity (Wildman–Crippen MR) is 71.5 cm³/mol. The van der Waals surface area contributed by atoms with Crippen LogP contribution in [0.1, 0.15) is 47.0 Å². The molecule has 0 saturated carbocycles. The third-order valence-electron chi connectivity index (χ3n) is 2.72. The largest absolute Gasteiger partial charge is 0.481 e. The molecule has 3 N–H and O–H groups in total. The number of amides is 2. The van der Waals surface area contributed by atoms with Crippen LogP contribution in [-0.4, -0.2) is 35.0 Å². The molecule has 0 aliphatic rings. The Kier molecular flexibility index (Phi) is 7.79. The quantitative estimate of drug-likeness (QED) is 0.612. The normalized spacial score (nSPS) is 13.7. The lowest BCUT2D eigenvalue weighted by Gasteiger charge is -2.23. The van der Waals surface area contributed by atoms with Crippen molar-refractivity contribution in [3.05, 3.63) is 0 Å². The fraction of sp³-hybridized carbons (Fsp3) is 0.769. The highest BCUT2D eigenvalue weighted by atomic mass is 16.4. The number of rotatable bonds is 8. The first-order chi connectivity index (χ1) is 8.73. The van der Waals surface area contributed by atoms with Crippen molar-refractivity contribution in [2.45, 2.75) is 59.0 Å². The van der Waals surface area contributed by atoms with Crippen LogP contribution in [0.4, 0.5) is 0 Å². The molecule has 0 heterocycles. The highest BCUT2D eigenvalue weighted by molar-refractivity contribution is 5.87. The lowest BCUT2D eigenvalue weighted by atomic mass is 10.0. The van der Waals surface area contributed by atoms with Crippen LogP contribution < -0.4 is 10.6 Å². The number of carbonyl (C=O) groups excluding carboxylic acids is 2. The average Bonchev–Trinajstić information content (AvgIpc) is 2.24. The molecule has 6 heteroatoms. The van der Waals surface area contributed by atoms with Gasteiger partial charge in [-0.2, -0.15) is 0 Å². The molecule has 0 aromatic carbocycles. The van der Waals surface area contributed by atoms with Gasteiger partial charge in [0.15, 0.2) is 0 Å². The van der Waals surface area contributed by atoms with Crippen molar-refractivity contribution in [2.75, 3.05) is 0 Å². The number of carbonyl (C=O) groups is 3. The summed E-state index contributed by atoms with van der Waals surface area (Å²) in [6, 6.07) is -0.665. The molecular formula is C13H24N2O4. The molecule has 6 nitrogen and oxygen atoms in total. The number of hydrogen-bond acceptors (Lipinski definition) is 3. The second-order valence-electron chi connectivity index (χ2n) is 5.12. The van der Waals surface area contributed by atoms with Crippen molar-refractivity contribution in [1.82, 2.24) is 10.6 Å². The summed E-state index contributed by atoms with van der Waals surface area (Å²) < 4.78 is 0. The standard InChI is InChI=1S/C13H24N2O4/c1-8(2)12(15-10(4)16)13(19)14-9(3)6-5-7-11(17)18/h8-9,12H,5-7H2,1-4H3,(H,14,19)(H,15,16)(H,17,18). The molecule has 0 saturated heterocycles. The number of nitrogens with one attached hydrogen (secondary N) is 2. The van der Waals surface area contributed by atoms with E-state index in [1.165, 1.54) is 6.92 Å². The minimum absolute atomic E-state index is 0.00452. The van der Waals surface area contributed by atoms with Crippen molar-refractivity contribution in [3.63, 3.8) is 0 Å². The molecule has 2 atom stereocenters. The maximum absolute atomic E-state index is 12.0. The second kappa shape index (κ2) is 8.50. The number of carboxylic acids is 1. The van der Waals surface area contributed by atoms with Crippen molar-refractivity contribution >= 4 is 17.8 Å². The van der Waals surface area contributed by atoms with Crippen molar-refractivity contribution in [3.8, 4) is 0 Å². The number of hydrogen-bond donors (Lipinski definition) is 3. The van der Waals surface area contributed by atoms with Gasteiger partial charge in [0.25, 0.3) is 0 Å². The van der Waals surface area contributed by atoms with E-state index in [1.54, 1.807) is 0 Å². The molecule has 19 heavy (non-hydrogen) atoms. The molecule has 110 valence electrons. The molecule has 2 unspecified atom stereocenters. The van der Waals surface area contributed by atoms with E-state index in [2.05, 4.69) is 10.6 Å². The first-order valence-electron chi connectivity index (χ1n) is 6.53. The Hall–Kier alpha value is -1.59. The zero-order valence-electron chi connectivity index (χ0n) is 12.0. The van der Waals surface area contributed by atoms with Gasteiger partial charge < -0.3 is 15.7 Å². The van der Waals surface area contributed by atoms with Gasteiger partial charge in [-0.1, -0.05) is 13.8 Å². The van der Waals surface area contributed by atoms with Crippen LogP contribution in [0.2, 0.25) is 0 Å². The summed E-state index contributed by atoms with van der Waals surface area (Å²) in [5.74, 6) is -1.31. The van der Waals surface area contributed by atoms with E-state index in [1.807, 2.05) is 20.8 Å². The summed E-state index contributed by atoms with van der Waals surface area (Å²) in [5.41, 5.74) is 0. The van der Waals surface area contributed by atoms with Crippen LogP contribution >= 0.6 is 0 Å². The Labute approximate surface area is 113 Å². The zero-order valence-corrected chi connectivity index (χ0v) is 12.0. The van der Waals surface area contributed by atoms with Crippen LogP contribution in [0.25, 0.3) is 0 Å². The summed E-state index contributed by atoms with van der Waals surface area (Å²) in [6.45, 7) is 6.91. The summed E-state index contributed by atoms with van der Waals surface area (Å²) in [7, 11) is 0. The van der Waals surface area contributed by atoms with E-state index in [4.69, 9.17) is 5.11 Å². The van der Waals surface area contributed by atoms with E-state index in [-0.39, 0.29) is 30.2 Å². The zero-order chi connectivity index (χ0) is 15.0. The Bertz CT molecular complexity index is 329. The molecule has 0 fully saturated rings. The highest BCUT2D eigenvalue weighted by Gasteiger charge is 2.23. The van der Waals surface area contributed by atoms with Gasteiger partial charge in [-0.25, -0.2) is 0 Å². The smallest absolute Gasteiger partial charge is 0.303 e. The van der Waals surface area contributed by atoms with Gasteiger partial charge in [0.1, 0.15) is 6.04 Å². The lowest BCUT2D eigenvalue weighted by molar-refractivity contribution is -0.137. The number of carboxylic acid groups (broad SMARTS) is 1. The fourth-order valence-corrected chi connectivity index (χ4v) is 1.72. The number of aliphatic carboxylic acids is 1. The van der Waals surface area contributed by atoms with Crippen LogP contribution in [0.5, 0.6) is 0 Å². The van der Waals surface area contributed by atoms with Crippen LogP contribution in [0.15, 0.2) is 0 Å². The van der Waals surface area contributed by atoms with E-state index in [0.29, 0.717) is 12.8 Å². The van der Waals surface area contributed by atoms with E-state index in [9.17, 15) is 14.4 Å². The SMILES string of the molecule is CC(=O)NC(C(=O)NC(C)CCCC(=O)O)C(C)C. The summed E-state index contributed by atoms with van der Waals surface area (Å²) in [4.78, 5) is 33.4. The van der Waals surface area contributed by atoms with Gasteiger partial charge >= 0.3 is 5.97 Å². The van der Waals surface area contributed by atoms with E-state index in [0.717, 1.165) is 0 Å². The Morgan fingerprint density at radius 3 is 2.11 bits per heavy atom. The Balaban J connectivity index is 4.23. The minimum atomic E-state index is -0.836. The first-order valence-corrected chi connectivity index (χ1v) is 6.53. The fourth-order valence-electron chi connectivity index (χ4n) is 1.72. The average molecular weight is 272 g/mol. The second-order valence-corrected chi connectivity index (χ2v) is 5.12. The van der Waals surface area contributed by atoms with Crippen LogP contribution in [-0.2, 0) is 14.4 Å². The molecule has 0 aromatic rings. The molecular weight excluding hydrogens is 248 g/mol. The van der Waals surface area contributed by atoms with Crippen LogP contribution in [0.3, 0.4) is 0 Å². The molecule has 0 aliphatic heterocycles. The summed E-state index contributed by atoms with van der Waals surface area (Å²) >= 11 is 0. The van der Waals surface area contributed by atoms with Crippen molar-refractivity contribution in [1.29, 1.82) is 0 Å². The van der Waals surface area contributed by atoms with Gasteiger partial charge in [-0.05, 0) is 25.7 Å². The Morgan fingerprint density at radius 1 is 1.11 bits per heavy atom. The lowest BCUT2D eigenvalue weighted by Crippen LogP contribution is -2.51. The van der Waals surface area contributed by atoms with E-state index < -0.39 is 12.0 Å². The van der Waals surface area contributed by atoms with Gasteiger partial charge in [-0.15, -0.1) is 0 Å². The Morgan fingerprint density at radius 2 is 1.68 bits per heavy atom. The van der Waals surface area contributed by atoms with E-state index >= 15 is 0 Å². The van der Waals surface area contributed by atoms with Gasteiger partial charge in [0, 0.05) is 19.4 Å². The predicted octanol–water partition coefficient (Wildman–Crippen LogP) is 0.907. The van der Waals surface area contributed by atoms with Gasteiger partial charge in [0.2, 0.25) is 11.8 Å². The summed E-state index contributed by atoms with van der Waals surface area (Å²) in [6.07, 6.45) is 1.21. The third kappa shape index (κ3) is 8.18. The molecule has 0 rings (SSSR count). The summed E-state index contributed by atoms with van der Waals surface area (Å²) in [5, 5.41) is 13.9. The van der Waals surface area contributed by atoms with Crippen molar-refractivity contribution < 1.29 is 19.5 Å². The molecule has 0 aromatic heterocycles. The van der Waals surface area contributed by atoms with Crippen molar-refractivity contribution in [2.24, 2.45) is 5.92 Å². The molecule has 2 amide bonds. The molecule has 0 radical (unpaired) electrons. The monoisotopic (exact) mass is 272 g/mol. The molecule has 0 bridgehead atoms.